The van der Waals surface area contributed by atoms with Crippen LogP contribution in [0.15, 0.2) is 66.7 Å². The standard InChI is InChI=1S/C25H29N3O3/c1-3-28(4-2)16-15-26-25(30)20-9-12-22(13-10-20)27-24(29)18-31-23-14-11-19-7-5-6-8-21(19)17-23/h5-14,17H,3-4,15-16,18H2,1-2H3,(H,26,30)(H,27,29)/p+1. The molecule has 0 saturated carbocycles. The first-order chi connectivity index (χ1) is 15.1. The van der Waals surface area contributed by atoms with Crippen LogP contribution < -0.4 is 20.3 Å². The van der Waals surface area contributed by atoms with Crippen molar-refractivity contribution in [1.29, 1.82) is 0 Å². The maximum atomic E-state index is 12.3. The lowest BCUT2D eigenvalue weighted by Gasteiger charge is -2.15. The molecule has 0 radical (unpaired) electrons. The monoisotopic (exact) mass is 420 g/mol. The summed E-state index contributed by atoms with van der Waals surface area (Å²) in [6, 6.07) is 20.6. The Labute approximate surface area is 183 Å². The van der Waals surface area contributed by atoms with Gasteiger partial charge in [-0.2, -0.15) is 0 Å². The van der Waals surface area contributed by atoms with E-state index in [1.165, 1.54) is 4.90 Å². The van der Waals surface area contributed by atoms with Crippen molar-refractivity contribution in [2.45, 2.75) is 13.8 Å². The van der Waals surface area contributed by atoms with Crippen molar-refractivity contribution in [2.75, 3.05) is 38.1 Å². The molecule has 0 aromatic heterocycles. The van der Waals surface area contributed by atoms with Crippen LogP contribution in [0.3, 0.4) is 0 Å². The number of quaternary nitrogens is 1. The van der Waals surface area contributed by atoms with E-state index in [-0.39, 0.29) is 18.4 Å². The Morgan fingerprint density at radius 3 is 2.32 bits per heavy atom. The first kappa shape index (κ1) is 22.3. The molecule has 0 saturated heterocycles. The first-order valence-corrected chi connectivity index (χ1v) is 10.7. The Morgan fingerprint density at radius 1 is 0.903 bits per heavy atom. The van der Waals surface area contributed by atoms with Crippen LogP contribution in [0.2, 0.25) is 0 Å². The lowest BCUT2D eigenvalue weighted by Crippen LogP contribution is -3.12. The number of likely N-dealkylation sites (N-methyl/N-ethyl adjacent to an activating group) is 1. The van der Waals surface area contributed by atoms with E-state index in [1.54, 1.807) is 24.3 Å². The molecule has 0 atom stereocenters. The second-order valence-electron chi connectivity index (χ2n) is 7.39. The normalized spacial score (nSPS) is 10.8. The highest BCUT2D eigenvalue weighted by Gasteiger charge is 2.09. The fourth-order valence-corrected chi connectivity index (χ4v) is 3.37. The smallest absolute Gasteiger partial charge is 0.262 e. The Kier molecular flexibility index (Phi) is 8.01. The molecule has 0 bridgehead atoms. The van der Waals surface area contributed by atoms with Gasteiger partial charge in [0.1, 0.15) is 5.75 Å². The largest absolute Gasteiger partial charge is 0.484 e. The highest BCUT2D eigenvalue weighted by atomic mass is 16.5. The first-order valence-electron chi connectivity index (χ1n) is 10.7. The lowest BCUT2D eigenvalue weighted by molar-refractivity contribution is -0.895. The Morgan fingerprint density at radius 2 is 1.61 bits per heavy atom. The highest BCUT2D eigenvalue weighted by molar-refractivity contribution is 5.96. The van der Waals surface area contributed by atoms with Crippen LogP contribution >= 0.6 is 0 Å². The van der Waals surface area contributed by atoms with Crippen molar-refractivity contribution >= 4 is 28.3 Å². The molecule has 0 unspecified atom stereocenters. The van der Waals surface area contributed by atoms with Gasteiger partial charge in [-0.25, -0.2) is 0 Å². The van der Waals surface area contributed by atoms with Crippen LogP contribution in [0.4, 0.5) is 5.69 Å². The summed E-state index contributed by atoms with van der Waals surface area (Å²) in [5, 5.41) is 7.92. The predicted octanol–water partition coefficient (Wildman–Crippen LogP) is 2.51. The van der Waals surface area contributed by atoms with E-state index in [0.29, 0.717) is 23.5 Å². The Hall–Kier alpha value is -3.38. The number of amides is 2. The number of fused-ring (bicyclic) bond motifs is 1. The molecule has 3 aromatic carbocycles. The summed E-state index contributed by atoms with van der Waals surface area (Å²) < 4.78 is 5.61. The van der Waals surface area contributed by atoms with Crippen LogP contribution in [-0.2, 0) is 4.79 Å². The molecule has 3 N–H and O–H groups in total. The summed E-state index contributed by atoms with van der Waals surface area (Å²) in [6.07, 6.45) is 0. The molecule has 0 fully saturated rings. The van der Waals surface area contributed by atoms with Gasteiger partial charge in [0.25, 0.3) is 11.8 Å². The number of carbonyl (C=O) groups is 2. The molecular formula is C25H30N3O3+. The fourth-order valence-electron chi connectivity index (χ4n) is 3.37. The second kappa shape index (κ2) is 11.1. The zero-order valence-corrected chi connectivity index (χ0v) is 18.1. The summed E-state index contributed by atoms with van der Waals surface area (Å²) in [4.78, 5) is 25.9. The molecule has 162 valence electrons. The lowest BCUT2D eigenvalue weighted by atomic mass is 10.1. The quantitative estimate of drug-likeness (QED) is 0.472. The molecule has 31 heavy (non-hydrogen) atoms. The van der Waals surface area contributed by atoms with E-state index in [4.69, 9.17) is 4.74 Å². The molecule has 0 heterocycles. The van der Waals surface area contributed by atoms with Gasteiger partial charge in [0.15, 0.2) is 6.61 Å². The van der Waals surface area contributed by atoms with Crippen LogP contribution in [-0.4, -0.2) is 44.6 Å². The number of carbonyl (C=O) groups excluding carboxylic acids is 2. The van der Waals surface area contributed by atoms with Gasteiger partial charge in [-0.05, 0) is 61.0 Å². The summed E-state index contributed by atoms with van der Waals surface area (Å²) in [5.74, 6) is 0.282. The summed E-state index contributed by atoms with van der Waals surface area (Å²) in [5.41, 5.74) is 1.19. The van der Waals surface area contributed by atoms with Crippen molar-refractivity contribution in [3.8, 4) is 5.75 Å². The van der Waals surface area contributed by atoms with E-state index in [9.17, 15) is 9.59 Å². The SMILES string of the molecule is CC[NH+](CC)CCNC(=O)c1ccc(NC(=O)COc2ccc3ccccc3c2)cc1. The minimum Gasteiger partial charge on any atom is -0.484 e. The predicted molar refractivity (Wildman–Crippen MR) is 124 cm³/mol. The summed E-state index contributed by atoms with van der Waals surface area (Å²) in [7, 11) is 0. The molecule has 3 aromatic rings. The number of ether oxygens (including phenoxy) is 1. The van der Waals surface area contributed by atoms with Crippen LogP contribution in [0, 0.1) is 0 Å². The summed E-state index contributed by atoms with van der Waals surface area (Å²) >= 11 is 0. The molecular weight excluding hydrogens is 390 g/mol. The molecule has 0 spiro atoms. The zero-order valence-electron chi connectivity index (χ0n) is 18.1. The van der Waals surface area contributed by atoms with Gasteiger partial charge in [-0.15, -0.1) is 0 Å². The van der Waals surface area contributed by atoms with E-state index in [0.717, 1.165) is 30.4 Å². The number of rotatable bonds is 10. The number of hydrogen-bond acceptors (Lipinski definition) is 3. The number of benzene rings is 3. The number of hydrogen-bond donors (Lipinski definition) is 3. The van der Waals surface area contributed by atoms with Gasteiger partial charge in [-0.3, -0.25) is 9.59 Å². The number of anilines is 1. The van der Waals surface area contributed by atoms with E-state index >= 15 is 0 Å². The van der Waals surface area contributed by atoms with Gasteiger partial charge >= 0.3 is 0 Å². The van der Waals surface area contributed by atoms with Crippen molar-refractivity contribution in [1.82, 2.24) is 5.32 Å². The van der Waals surface area contributed by atoms with Crippen molar-refractivity contribution in [3.05, 3.63) is 72.3 Å². The van der Waals surface area contributed by atoms with Gasteiger partial charge in [-0.1, -0.05) is 30.3 Å². The van der Waals surface area contributed by atoms with E-state index < -0.39 is 0 Å². The highest BCUT2D eigenvalue weighted by Crippen LogP contribution is 2.20. The van der Waals surface area contributed by atoms with Crippen molar-refractivity contribution in [3.63, 3.8) is 0 Å². The van der Waals surface area contributed by atoms with Gasteiger partial charge < -0.3 is 20.3 Å². The molecule has 0 aliphatic rings. The molecule has 6 nitrogen and oxygen atoms in total. The van der Waals surface area contributed by atoms with E-state index in [2.05, 4.69) is 24.5 Å². The fraction of sp³-hybridized carbons (Fsp3) is 0.280. The minimum atomic E-state index is -0.257. The van der Waals surface area contributed by atoms with Gasteiger partial charge in [0.2, 0.25) is 0 Å². The number of nitrogens with one attached hydrogen (secondary N) is 3. The average molecular weight is 421 g/mol. The van der Waals surface area contributed by atoms with Crippen LogP contribution in [0.1, 0.15) is 24.2 Å². The third kappa shape index (κ3) is 6.55. The molecule has 6 heteroatoms. The summed E-state index contributed by atoms with van der Waals surface area (Å²) in [6.45, 7) is 7.83. The second-order valence-corrected chi connectivity index (χ2v) is 7.39. The van der Waals surface area contributed by atoms with Gasteiger partial charge in [0, 0.05) is 11.3 Å². The molecule has 0 aliphatic carbocycles. The molecule has 2 amide bonds. The average Bonchev–Trinajstić information content (AvgIpc) is 2.80. The maximum absolute atomic E-state index is 12.3. The van der Waals surface area contributed by atoms with Crippen LogP contribution in [0.25, 0.3) is 10.8 Å². The zero-order chi connectivity index (χ0) is 22.1. The third-order valence-corrected chi connectivity index (χ3v) is 5.29. The van der Waals surface area contributed by atoms with Gasteiger partial charge in [0.05, 0.1) is 26.2 Å². The Bertz CT molecular complexity index is 1010. The van der Waals surface area contributed by atoms with E-state index in [1.807, 2.05) is 42.5 Å². The van der Waals surface area contributed by atoms with Crippen molar-refractivity contribution < 1.29 is 19.2 Å². The molecule has 0 aliphatic heterocycles. The van der Waals surface area contributed by atoms with Crippen LogP contribution in [0.5, 0.6) is 5.75 Å². The maximum Gasteiger partial charge on any atom is 0.262 e. The topological polar surface area (TPSA) is 71.9 Å². The third-order valence-electron chi connectivity index (χ3n) is 5.29. The Balaban J connectivity index is 1.46. The molecule has 3 rings (SSSR count). The minimum absolute atomic E-state index is 0.0890. The van der Waals surface area contributed by atoms with Crippen molar-refractivity contribution in [2.24, 2.45) is 0 Å².